The summed E-state index contributed by atoms with van der Waals surface area (Å²) in [5, 5.41) is 8.66. The van der Waals surface area contributed by atoms with Crippen LogP contribution in [0.3, 0.4) is 0 Å². The Morgan fingerprint density at radius 2 is 2.00 bits per heavy atom. The molecule has 2 aliphatic heterocycles. The van der Waals surface area contributed by atoms with Gasteiger partial charge in [0.15, 0.2) is 5.65 Å². The van der Waals surface area contributed by atoms with Crippen molar-refractivity contribution in [1.82, 2.24) is 19.5 Å². The van der Waals surface area contributed by atoms with Crippen molar-refractivity contribution >= 4 is 11.6 Å². The molecule has 0 N–H and O–H groups in total. The van der Waals surface area contributed by atoms with Crippen LogP contribution in [-0.4, -0.2) is 57.8 Å². The van der Waals surface area contributed by atoms with E-state index in [0.29, 0.717) is 18.7 Å². The molecule has 5 rings (SSSR count). The number of carbonyl (C=O) groups is 1. The number of ether oxygens (including phenoxy) is 2. The van der Waals surface area contributed by atoms with Gasteiger partial charge in [0, 0.05) is 37.4 Å². The Balaban J connectivity index is 1.24. The summed E-state index contributed by atoms with van der Waals surface area (Å²) in [6.07, 6.45) is 6.29. The predicted octanol–water partition coefficient (Wildman–Crippen LogP) is 3.31. The highest BCUT2D eigenvalue weighted by molar-refractivity contribution is 5.94. The Morgan fingerprint density at radius 1 is 1.10 bits per heavy atom. The second kappa shape index (κ2) is 8.44. The molecule has 2 fully saturated rings. The Hall–Kier alpha value is -2.93. The van der Waals surface area contributed by atoms with Gasteiger partial charge in [-0.1, -0.05) is 6.07 Å². The number of rotatable bonds is 5. The Morgan fingerprint density at radius 3 is 2.83 bits per heavy atom. The van der Waals surface area contributed by atoms with Gasteiger partial charge in [-0.05, 0) is 62.1 Å². The number of carbonyl (C=O) groups excluding carboxylic acids is 1. The first-order valence-corrected chi connectivity index (χ1v) is 10.7. The van der Waals surface area contributed by atoms with Crippen LogP contribution in [0.5, 0.6) is 5.75 Å². The van der Waals surface area contributed by atoms with Crippen LogP contribution < -0.4 is 4.74 Å². The molecule has 0 saturated carbocycles. The fraction of sp³-hybridized carbons (Fsp3) is 0.435. The molecule has 30 heavy (non-hydrogen) atoms. The molecule has 7 heteroatoms. The SMILES string of the molecule is O=C(c1ccc(OCC2CCCO2)cc1)N1CCCC(c2nnc3ccccn23)C1. The van der Waals surface area contributed by atoms with Gasteiger partial charge in [0.1, 0.15) is 18.2 Å². The van der Waals surface area contributed by atoms with Crippen molar-refractivity contribution in [3.63, 3.8) is 0 Å². The molecule has 1 aromatic carbocycles. The van der Waals surface area contributed by atoms with Crippen LogP contribution in [0.25, 0.3) is 5.65 Å². The lowest BCUT2D eigenvalue weighted by Crippen LogP contribution is -2.39. The van der Waals surface area contributed by atoms with E-state index < -0.39 is 0 Å². The second-order valence-electron chi connectivity index (χ2n) is 8.05. The van der Waals surface area contributed by atoms with Crippen molar-refractivity contribution in [3.8, 4) is 5.75 Å². The molecule has 3 aromatic rings. The van der Waals surface area contributed by atoms with Crippen LogP contribution in [0.2, 0.25) is 0 Å². The highest BCUT2D eigenvalue weighted by atomic mass is 16.5. The zero-order valence-electron chi connectivity index (χ0n) is 16.9. The van der Waals surface area contributed by atoms with Crippen molar-refractivity contribution in [2.24, 2.45) is 0 Å². The Kier molecular flexibility index (Phi) is 5.36. The summed E-state index contributed by atoms with van der Waals surface area (Å²) in [4.78, 5) is 15.0. The molecular weight excluding hydrogens is 380 g/mol. The summed E-state index contributed by atoms with van der Waals surface area (Å²) in [6, 6.07) is 13.3. The molecule has 0 bridgehead atoms. The van der Waals surface area contributed by atoms with Crippen LogP contribution in [0.15, 0.2) is 48.7 Å². The van der Waals surface area contributed by atoms with Gasteiger partial charge in [-0.3, -0.25) is 9.20 Å². The molecule has 2 aromatic heterocycles. The van der Waals surface area contributed by atoms with Crippen LogP contribution in [0.4, 0.5) is 0 Å². The third kappa shape index (κ3) is 3.89. The minimum Gasteiger partial charge on any atom is -0.491 e. The number of likely N-dealkylation sites (tertiary alicyclic amines) is 1. The molecule has 2 unspecified atom stereocenters. The number of hydrogen-bond donors (Lipinski definition) is 0. The van der Waals surface area contributed by atoms with Gasteiger partial charge < -0.3 is 14.4 Å². The summed E-state index contributed by atoms with van der Waals surface area (Å²) >= 11 is 0. The summed E-state index contributed by atoms with van der Waals surface area (Å²) in [7, 11) is 0. The maximum atomic E-state index is 13.1. The second-order valence-corrected chi connectivity index (χ2v) is 8.05. The molecule has 7 nitrogen and oxygen atoms in total. The predicted molar refractivity (Wildman–Crippen MR) is 112 cm³/mol. The van der Waals surface area contributed by atoms with Crippen LogP contribution in [0.1, 0.15) is 47.8 Å². The van der Waals surface area contributed by atoms with Crippen molar-refractivity contribution < 1.29 is 14.3 Å². The molecule has 156 valence electrons. The molecule has 0 radical (unpaired) electrons. The third-order valence-electron chi connectivity index (χ3n) is 5.97. The van der Waals surface area contributed by atoms with E-state index in [1.165, 1.54) is 0 Å². The van der Waals surface area contributed by atoms with Gasteiger partial charge in [-0.15, -0.1) is 10.2 Å². The van der Waals surface area contributed by atoms with E-state index in [1.807, 2.05) is 58.0 Å². The molecule has 0 aliphatic carbocycles. The fourth-order valence-electron chi connectivity index (χ4n) is 4.35. The molecule has 2 atom stereocenters. The maximum absolute atomic E-state index is 13.1. The van der Waals surface area contributed by atoms with Crippen LogP contribution in [-0.2, 0) is 4.74 Å². The maximum Gasteiger partial charge on any atom is 0.253 e. The number of fused-ring (bicyclic) bond motifs is 1. The van der Waals surface area contributed by atoms with Gasteiger partial charge in [0.25, 0.3) is 5.91 Å². The average molecular weight is 406 g/mol. The molecule has 2 aliphatic rings. The number of amides is 1. The Labute approximate surface area is 175 Å². The Bertz CT molecular complexity index is 1010. The van der Waals surface area contributed by atoms with E-state index in [1.54, 1.807) is 0 Å². The highest BCUT2D eigenvalue weighted by Gasteiger charge is 2.28. The summed E-state index contributed by atoms with van der Waals surface area (Å²) in [6.45, 7) is 2.81. The summed E-state index contributed by atoms with van der Waals surface area (Å²) in [5.74, 6) is 1.95. The monoisotopic (exact) mass is 406 g/mol. The van der Waals surface area contributed by atoms with Crippen molar-refractivity contribution in [3.05, 3.63) is 60.0 Å². The van der Waals surface area contributed by atoms with Crippen molar-refractivity contribution in [2.75, 3.05) is 26.3 Å². The molecular formula is C23H26N4O3. The normalized spacial score (nSPS) is 21.8. The zero-order valence-corrected chi connectivity index (χ0v) is 16.9. The lowest BCUT2D eigenvalue weighted by Gasteiger charge is -2.32. The molecule has 2 saturated heterocycles. The first kappa shape index (κ1) is 19.1. The first-order chi connectivity index (χ1) is 14.8. The fourth-order valence-corrected chi connectivity index (χ4v) is 4.35. The highest BCUT2D eigenvalue weighted by Crippen LogP contribution is 2.27. The smallest absolute Gasteiger partial charge is 0.253 e. The zero-order chi connectivity index (χ0) is 20.3. The molecule has 0 spiro atoms. The van der Waals surface area contributed by atoms with E-state index in [9.17, 15) is 4.79 Å². The van der Waals surface area contributed by atoms with Crippen molar-refractivity contribution in [2.45, 2.75) is 37.7 Å². The number of benzene rings is 1. The van der Waals surface area contributed by atoms with Gasteiger partial charge in [0.2, 0.25) is 0 Å². The largest absolute Gasteiger partial charge is 0.491 e. The van der Waals surface area contributed by atoms with E-state index in [0.717, 1.165) is 56.1 Å². The lowest BCUT2D eigenvalue weighted by atomic mass is 9.96. The number of hydrogen-bond acceptors (Lipinski definition) is 5. The van der Waals surface area contributed by atoms with Crippen molar-refractivity contribution in [1.29, 1.82) is 0 Å². The van der Waals surface area contributed by atoms with Gasteiger partial charge in [-0.25, -0.2) is 0 Å². The third-order valence-corrected chi connectivity index (χ3v) is 5.97. The topological polar surface area (TPSA) is 69.0 Å². The quantitative estimate of drug-likeness (QED) is 0.650. The minimum absolute atomic E-state index is 0.0548. The van der Waals surface area contributed by atoms with Gasteiger partial charge >= 0.3 is 0 Å². The van der Waals surface area contributed by atoms with E-state index in [-0.39, 0.29) is 17.9 Å². The molecule has 1 amide bonds. The minimum atomic E-state index is 0.0548. The average Bonchev–Trinajstić information content (AvgIpc) is 3.48. The van der Waals surface area contributed by atoms with E-state index in [2.05, 4.69) is 10.2 Å². The first-order valence-electron chi connectivity index (χ1n) is 10.7. The van der Waals surface area contributed by atoms with Crippen LogP contribution >= 0.6 is 0 Å². The number of aromatic nitrogens is 3. The molecule has 4 heterocycles. The number of piperidine rings is 1. The number of pyridine rings is 1. The van der Waals surface area contributed by atoms with E-state index in [4.69, 9.17) is 9.47 Å². The number of nitrogens with zero attached hydrogens (tertiary/aromatic N) is 4. The van der Waals surface area contributed by atoms with Gasteiger partial charge in [0.05, 0.1) is 6.10 Å². The van der Waals surface area contributed by atoms with Crippen LogP contribution in [0, 0.1) is 0 Å². The van der Waals surface area contributed by atoms with Gasteiger partial charge in [-0.2, -0.15) is 0 Å². The summed E-state index contributed by atoms with van der Waals surface area (Å²) < 4.78 is 13.4. The summed E-state index contributed by atoms with van der Waals surface area (Å²) in [5.41, 5.74) is 1.53. The lowest BCUT2D eigenvalue weighted by molar-refractivity contribution is 0.0676. The standard InChI is InChI=1S/C23H26N4O3/c28-23(17-8-10-19(11-9-17)30-16-20-6-4-14-29-20)26-12-3-5-18(15-26)22-25-24-21-7-1-2-13-27(21)22/h1-2,7-11,13,18,20H,3-6,12,14-16H2. The van der Waals surface area contributed by atoms with E-state index >= 15 is 0 Å².